The summed E-state index contributed by atoms with van der Waals surface area (Å²) in [4.78, 5) is 9.14. The Kier molecular flexibility index (Phi) is 4.11. The fourth-order valence-corrected chi connectivity index (χ4v) is 3.22. The van der Waals surface area contributed by atoms with Crippen molar-refractivity contribution in [3.05, 3.63) is 54.6 Å². The lowest BCUT2D eigenvalue weighted by Gasteiger charge is -2.36. The zero-order valence-corrected chi connectivity index (χ0v) is 15.8. The maximum Gasteiger partial charge on any atom is 0.161 e. The van der Waals surface area contributed by atoms with Crippen LogP contribution in [0, 0.1) is 0 Å². The van der Waals surface area contributed by atoms with E-state index in [-0.39, 0.29) is 5.54 Å². The Hall–Kier alpha value is -3.28. The first-order valence-corrected chi connectivity index (χ1v) is 8.74. The van der Waals surface area contributed by atoms with Crippen LogP contribution in [0.1, 0.15) is 13.8 Å². The van der Waals surface area contributed by atoms with Gasteiger partial charge in [0.05, 0.1) is 31.0 Å². The largest absolute Gasteiger partial charge is 0.493 e. The first-order valence-electron chi connectivity index (χ1n) is 8.74. The average molecular weight is 362 g/mol. The van der Waals surface area contributed by atoms with E-state index in [1.54, 1.807) is 20.4 Å². The van der Waals surface area contributed by atoms with E-state index in [1.807, 2.05) is 36.5 Å². The highest BCUT2D eigenvalue weighted by molar-refractivity contribution is 5.90. The number of rotatable bonds is 5. The smallest absolute Gasteiger partial charge is 0.161 e. The third-order valence-electron chi connectivity index (χ3n) is 4.53. The summed E-state index contributed by atoms with van der Waals surface area (Å²) in [5, 5.41) is 6.75. The molecule has 2 N–H and O–H groups in total. The molecule has 1 aliphatic rings. The Morgan fingerprint density at radius 1 is 0.963 bits per heavy atom. The van der Waals surface area contributed by atoms with Crippen molar-refractivity contribution in [2.75, 3.05) is 19.5 Å². The van der Waals surface area contributed by atoms with Crippen molar-refractivity contribution in [3.63, 3.8) is 0 Å². The van der Waals surface area contributed by atoms with E-state index < -0.39 is 0 Å². The van der Waals surface area contributed by atoms with E-state index in [4.69, 9.17) is 9.47 Å². The van der Waals surface area contributed by atoms with Crippen LogP contribution in [-0.2, 0) is 0 Å². The molecule has 0 saturated carbocycles. The number of nitrogens with zero attached hydrogens (tertiary/aromatic N) is 2. The second-order valence-electron chi connectivity index (χ2n) is 7.05. The zero-order chi connectivity index (χ0) is 19.0. The quantitative estimate of drug-likeness (QED) is 0.716. The van der Waals surface area contributed by atoms with Gasteiger partial charge in [0.2, 0.25) is 0 Å². The first-order chi connectivity index (χ1) is 13.0. The van der Waals surface area contributed by atoms with E-state index in [1.165, 1.54) is 0 Å². The molecule has 6 nitrogen and oxygen atoms in total. The molecule has 4 rings (SSSR count). The summed E-state index contributed by atoms with van der Waals surface area (Å²) in [6, 6.07) is 9.77. The molecule has 27 heavy (non-hydrogen) atoms. The number of methoxy groups -OCH3 is 2. The van der Waals surface area contributed by atoms with E-state index in [0.29, 0.717) is 11.5 Å². The molecule has 0 unspecified atom stereocenters. The second kappa shape index (κ2) is 6.46. The molecular weight excluding hydrogens is 340 g/mol. The van der Waals surface area contributed by atoms with Gasteiger partial charge in [0.25, 0.3) is 0 Å². The maximum absolute atomic E-state index is 5.40. The Balaban J connectivity index is 1.69. The Labute approximate surface area is 158 Å². The van der Waals surface area contributed by atoms with Crippen LogP contribution < -0.4 is 20.1 Å². The standard InChI is InChI=1S/C21H22N4O2/c1-21(2)11-19(25-21)24-15-7-8-22-16-9-14(12-23-20(15)16)13-5-6-17(26-3)18(10-13)27-4/h5-12,25H,1-4H3,(H,22,24). The highest BCUT2D eigenvalue weighted by Crippen LogP contribution is 2.33. The van der Waals surface area contributed by atoms with Crippen LogP contribution >= 0.6 is 0 Å². The van der Waals surface area contributed by atoms with Crippen LogP contribution in [0.4, 0.5) is 5.69 Å². The lowest BCUT2D eigenvalue weighted by atomic mass is 9.99. The molecule has 3 heterocycles. The van der Waals surface area contributed by atoms with Crippen molar-refractivity contribution < 1.29 is 9.47 Å². The molecule has 1 aromatic carbocycles. The first kappa shape index (κ1) is 17.1. The van der Waals surface area contributed by atoms with E-state index in [2.05, 4.69) is 40.5 Å². The minimum Gasteiger partial charge on any atom is -0.493 e. The van der Waals surface area contributed by atoms with Crippen molar-refractivity contribution in [2.24, 2.45) is 0 Å². The highest BCUT2D eigenvalue weighted by Gasteiger charge is 2.25. The monoisotopic (exact) mass is 362 g/mol. The fourth-order valence-electron chi connectivity index (χ4n) is 3.22. The van der Waals surface area contributed by atoms with Crippen molar-refractivity contribution in [3.8, 4) is 22.6 Å². The lowest BCUT2D eigenvalue weighted by molar-refractivity contribution is 0.355. The van der Waals surface area contributed by atoms with Gasteiger partial charge >= 0.3 is 0 Å². The minimum absolute atomic E-state index is 0.0270. The summed E-state index contributed by atoms with van der Waals surface area (Å²) in [6.07, 6.45) is 5.79. The molecule has 0 bridgehead atoms. The average Bonchev–Trinajstić information content (AvgIpc) is 2.65. The summed E-state index contributed by atoms with van der Waals surface area (Å²) in [6.45, 7) is 4.24. The number of pyridine rings is 2. The van der Waals surface area contributed by atoms with Crippen LogP contribution in [-0.4, -0.2) is 29.7 Å². The van der Waals surface area contributed by atoms with Crippen LogP contribution in [0.3, 0.4) is 0 Å². The number of benzene rings is 1. The fraction of sp³-hybridized carbons (Fsp3) is 0.238. The topological polar surface area (TPSA) is 68.3 Å². The molecular formula is C21H22N4O2. The second-order valence-corrected chi connectivity index (χ2v) is 7.05. The van der Waals surface area contributed by atoms with Gasteiger partial charge in [0.15, 0.2) is 11.5 Å². The van der Waals surface area contributed by atoms with Gasteiger partial charge in [-0.1, -0.05) is 6.07 Å². The predicted octanol–water partition coefficient (Wildman–Crippen LogP) is 3.95. The SMILES string of the molecule is COc1ccc(-c2cnc3c(NC4=CC(C)(C)N4)ccnc3c2)cc1OC. The number of ether oxygens (including phenoxy) is 2. The molecule has 0 aliphatic carbocycles. The zero-order valence-electron chi connectivity index (χ0n) is 15.8. The number of nitrogens with one attached hydrogen (secondary N) is 2. The van der Waals surface area contributed by atoms with Gasteiger partial charge in [0.1, 0.15) is 11.3 Å². The van der Waals surface area contributed by atoms with Gasteiger partial charge in [-0.2, -0.15) is 0 Å². The van der Waals surface area contributed by atoms with E-state index in [0.717, 1.165) is 33.7 Å². The van der Waals surface area contributed by atoms with Gasteiger partial charge in [0, 0.05) is 18.0 Å². The molecule has 0 radical (unpaired) electrons. The third kappa shape index (κ3) is 3.26. The van der Waals surface area contributed by atoms with Crippen LogP contribution in [0.2, 0.25) is 0 Å². The van der Waals surface area contributed by atoms with Crippen LogP contribution in [0.5, 0.6) is 11.5 Å². The Bertz CT molecular complexity index is 1040. The summed E-state index contributed by atoms with van der Waals surface area (Å²) < 4.78 is 10.7. The lowest BCUT2D eigenvalue weighted by Crippen LogP contribution is -2.48. The van der Waals surface area contributed by atoms with Gasteiger partial charge in [-0.25, -0.2) is 0 Å². The maximum atomic E-state index is 5.40. The van der Waals surface area contributed by atoms with E-state index in [9.17, 15) is 0 Å². The van der Waals surface area contributed by atoms with E-state index >= 15 is 0 Å². The molecule has 1 aliphatic heterocycles. The number of hydrogen-bond donors (Lipinski definition) is 2. The molecule has 0 fully saturated rings. The molecule has 6 heteroatoms. The van der Waals surface area contributed by atoms with Gasteiger partial charge < -0.3 is 20.1 Å². The molecule has 138 valence electrons. The van der Waals surface area contributed by atoms with Gasteiger partial charge in [-0.05, 0) is 49.8 Å². The van der Waals surface area contributed by atoms with Crippen molar-refractivity contribution in [1.29, 1.82) is 0 Å². The van der Waals surface area contributed by atoms with Gasteiger partial charge in [-0.15, -0.1) is 0 Å². The summed E-state index contributed by atoms with van der Waals surface area (Å²) >= 11 is 0. The van der Waals surface area contributed by atoms with Crippen LogP contribution in [0.25, 0.3) is 22.2 Å². The highest BCUT2D eigenvalue weighted by atomic mass is 16.5. The summed E-state index contributed by atoms with van der Waals surface area (Å²) in [7, 11) is 3.26. The molecule has 0 atom stereocenters. The van der Waals surface area contributed by atoms with Gasteiger partial charge in [-0.3, -0.25) is 9.97 Å². The number of anilines is 1. The number of fused-ring (bicyclic) bond motifs is 1. The molecule has 0 amide bonds. The molecule has 3 aromatic rings. The Morgan fingerprint density at radius 2 is 1.74 bits per heavy atom. The van der Waals surface area contributed by atoms with Crippen molar-refractivity contribution >= 4 is 16.7 Å². The normalized spacial score (nSPS) is 14.7. The third-order valence-corrected chi connectivity index (χ3v) is 4.53. The predicted molar refractivity (Wildman–Crippen MR) is 107 cm³/mol. The minimum atomic E-state index is 0.0270. The number of aromatic nitrogens is 2. The summed E-state index contributed by atoms with van der Waals surface area (Å²) in [5.41, 5.74) is 4.57. The van der Waals surface area contributed by atoms with Crippen molar-refractivity contribution in [1.82, 2.24) is 15.3 Å². The molecule has 0 saturated heterocycles. The summed E-state index contributed by atoms with van der Waals surface area (Å²) in [5.74, 6) is 2.37. The van der Waals surface area contributed by atoms with Crippen molar-refractivity contribution in [2.45, 2.75) is 19.4 Å². The molecule has 2 aromatic heterocycles. The number of hydrogen-bond acceptors (Lipinski definition) is 6. The molecule has 0 spiro atoms. The van der Waals surface area contributed by atoms with Crippen LogP contribution in [0.15, 0.2) is 54.6 Å². The Morgan fingerprint density at radius 3 is 2.44 bits per heavy atom.